The van der Waals surface area contributed by atoms with Crippen molar-refractivity contribution in [1.82, 2.24) is 9.97 Å². The molecule has 1 fully saturated rings. The summed E-state index contributed by atoms with van der Waals surface area (Å²) in [5.74, 6) is 0.622. The first kappa shape index (κ1) is 14.1. The summed E-state index contributed by atoms with van der Waals surface area (Å²) in [5.41, 5.74) is 0. The molecule has 0 N–H and O–H groups in total. The van der Waals surface area contributed by atoms with Crippen LogP contribution in [0.25, 0.3) is 0 Å². The zero-order chi connectivity index (χ0) is 14.0. The lowest BCUT2D eigenvalue weighted by Gasteiger charge is -2.17. The van der Waals surface area contributed by atoms with E-state index < -0.39 is 0 Å². The molecule has 8 heteroatoms. The van der Waals surface area contributed by atoms with Gasteiger partial charge in [0, 0.05) is 25.1 Å². The Morgan fingerprint density at radius 3 is 3.00 bits per heavy atom. The lowest BCUT2D eigenvalue weighted by atomic mass is 10.4. The molecule has 0 radical (unpaired) electrons. The van der Waals surface area contributed by atoms with Gasteiger partial charge in [0.25, 0.3) is 0 Å². The summed E-state index contributed by atoms with van der Waals surface area (Å²) in [6, 6.07) is 0. The standard InChI is InChI=1S/C11H12ClN3O3S/c1-6(16)19-7-3-9(17)15(5-7)10-8(18-2)4-13-11(12)14-10/h4,7H,3,5H2,1-2H3. The molecule has 1 atom stereocenters. The van der Waals surface area contributed by atoms with Gasteiger partial charge in [0.2, 0.25) is 11.2 Å². The number of ether oxygens (including phenoxy) is 1. The van der Waals surface area contributed by atoms with Crippen molar-refractivity contribution < 1.29 is 14.3 Å². The van der Waals surface area contributed by atoms with Crippen molar-refractivity contribution in [3.8, 4) is 5.75 Å². The normalized spacial score (nSPS) is 18.8. The summed E-state index contributed by atoms with van der Waals surface area (Å²) in [6.07, 6.45) is 1.72. The molecule has 2 rings (SSSR count). The van der Waals surface area contributed by atoms with Gasteiger partial charge in [0.05, 0.1) is 13.3 Å². The molecule has 1 amide bonds. The average Bonchev–Trinajstić information content (AvgIpc) is 2.69. The van der Waals surface area contributed by atoms with Crippen molar-refractivity contribution >= 4 is 40.2 Å². The van der Waals surface area contributed by atoms with Gasteiger partial charge in [-0.05, 0) is 11.6 Å². The van der Waals surface area contributed by atoms with Gasteiger partial charge in [-0.2, -0.15) is 4.98 Å². The molecule has 102 valence electrons. The predicted octanol–water partition coefficient (Wildman–Crippen LogP) is 1.52. The fourth-order valence-corrected chi connectivity index (χ4v) is 2.92. The van der Waals surface area contributed by atoms with Crippen molar-refractivity contribution in [1.29, 1.82) is 0 Å². The third-order valence-electron chi connectivity index (χ3n) is 2.60. The Bertz CT molecular complexity index is 526. The second kappa shape index (κ2) is 5.75. The summed E-state index contributed by atoms with van der Waals surface area (Å²) in [7, 11) is 1.47. The molecule has 1 saturated heterocycles. The number of thioether (sulfide) groups is 1. The van der Waals surface area contributed by atoms with Gasteiger partial charge in [0.15, 0.2) is 16.7 Å². The molecule has 2 heterocycles. The highest BCUT2D eigenvalue weighted by molar-refractivity contribution is 8.14. The summed E-state index contributed by atoms with van der Waals surface area (Å²) in [4.78, 5) is 32.4. The van der Waals surface area contributed by atoms with Crippen LogP contribution < -0.4 is 9.64 Å². The van der Waals surface area contributed by atoms with E-state index in [9.17, 15) is 9.59 Å². The Labute approximate surface area is 119 Å². The molecular weight excluding hydrogens is 290 g/mol. The zero-order valence-corrected chi connectivity index (χ0v) is 12.0. The average molecular weight is 302 g/mol. The van der Waals surface area contributed by atoms with Crippen LogP contribution in [0.1, 0.15) is 13.3 Å². The molecule has 1 aromatic rings. The molecule has 1 aliphatic rings. The monoisotopic (exact) mass is 301 g/mol. The first-order valence-electron chi connectivity index (χ1n) is 5.55. The lowest BCUT2D eigenvalue weighted by Crippen LogP contribution is -2.26. The second-order valence-electron chi connectivity index (χ2n) is 3.97. The molecule has 0 saturated carbocycles. The Morgan fingerprint density at radius 1 is 1.63 bits per heavy atom. The van der Waals surface area contributed by atoms with E-state index in [1.165, 1.54) is 25.1 Å². The van der Waals surface area contributed by atoms with E-state index in [-0.39, 0.29) is 21.6 Å². The first-order valence-corrected chi connectivity index (χ1v) is 6.81. The number of methoxy groups -OCH3 is 1. The maximum atomic E-state index is 12.0. The molecule has 0 aliphatic carbocycles. The van der Waals surface area contributed by atoms with Crippen LogP contribution in [0.4, 0.5) is 5.82 Å². The third kappa shape index (κ3) is 3.16. The Morgan fingerprint density at radius 2 is 2.37 bits per heavy atom. The van der Waals surface area contributed by atoms with Crippen molar-refractivity contribution in [2.45, 2.75) is 18.6 Å². The Hall–Kier alpha value is -1.34. The number of nitrogens with zero attached hydrogens (tertiary/aromatic N) is 3. The summed E-state index contributed by atoms with van der Waals surface area (Å²) >= 11 is 6.91. The Balaban J connectivity index is 2.25. The largest absolute Gasteiger partial charge is 0.491 e. The molecule has 1 unspecified atom stereocenters. The van der Waals surface area contributed by atoms with Gasteiger partial charge < -0.3 is 4.74 Å². The van der Waals surface area contributed by atoms with Gasteiger partial charge in [0.1, 0.15) is 0 Å². The predicted molar refractivity (Wildman–Crippen MR) is 72.6 cm³/mol. The fourth-order valence-electron chi connectivity index (χ4n) is 1.87. The fraction of sp³-hybridized carbons (Fsp3) is 0.455. The lowest BCUT2D eigenvalue weighted by molar-refractivity contribution is -0.117. The number of rotatable bonds is 3. The molecule has 0 spiro atoms. The zero-order valence-electron chi connectivity index (χ0n) is 10.4. The van der Waals surface area contributed by atoms with Gasteiger partial charge >= 0.3 is 0 Å². The molecule has 0 bridgehead atoms. The third-order valence-corrected chi connectivity index (χ3v) is 3.77. The van der Waals surface area contributed by atoms with Crippen molar-refractivity contribution in [3.63, 3.8) is 0 Å². The quantitative estimate of drug-likeness (QED) is 0.788. The highest BCUT2D eigenvalue weighted by Crippen LogP contribution is 2.33. The minimum Gasteiger partial charge on any atom is -0.491 e. The highest BCUT2D eigenvalue weighted by atomic mass is 35.5. The summed E-state index contributed by atoms with van der Waals surface area (Å²) < 4.78 is 5.13. The molecular formula is C11H12ClN3O3S. The maximum absolute atomic E-state index is 12.0. The van der Waals surface area contributed by atoms with Gasteiger partial charge in [-0.3, -0.25) is 14.5 Å². The van der Waals surface area contributed by atoms with Crippen LogP contribution in [0.15, 0.2) is 6.20 Å². The maximum Gasteiger partial charge on any atom is 0.229 e. The van der Waals surface area contributed by atoms with Crippen LogP contribution in [-0.2, 0) is 9.59 Å². The molecule has 6 nitrogen and oxygen atoms in total. The van der Waals surface area contributed by atoms with E-state index in [2.05, 4.69) is 9.97 Å². The van der Waals surface area contributed by atoms with Crippen LogP contribution in [0.5, 0.6) is 5.75 Å². The Kier molecular flexibility index (Phi) is 4.26. The highest BCUT2D eigenvalue weighted by Gasteiger charge is 2.34. The van der Waals surface area contributed by atoms with Crippen molar-refractivity contribution in [2.24, 2.45) is 0 Å². The molecule has 1 aliphatic heterocycles. The molecule has 0 aromatic carbocycles. The van der Waals surface area contributed by atoms with E-state index in [0.717, 1.165) is 11.8 Å². The number of aromatic nitrogens is 2. The number of carbonyl (C=O) groups is 2. The number of amides is 1. The first-order chi connectivity index (χ1) is 9.01. The molecule has 1 aromatic heterocycles. The van der Waals surface area contributed by atoms with E-state index in [4.69, 9.17) is 16.3 Å². The molecule has 19 heavy (non-hydrogen) atoms. The van der Waals surface area contributed by atoms with Gasteiger partial charge in [-0.1, -0.05) is 11.8 Å². The van der Waals surface area contributed by atoms with E-state index >= 15 is 0 Å². The minimum atomic E-state index is -0.105. The van der Waals surface area contributed by atoms with Crippen molar-refractivity contribution in [2.75, 3.05) is 18.6 Å². The number of anilines is 1. The van der Waals surface area contributed by atoms with Gasteiger partial charge in [-0.15, -0.1) is 0 Å². The number of halogens is 1. The summed E-state index contributed by atoms with van der Waals surface area (Å²) in [6.45, 7) is 1.90. The van der Waals surface area contributed by atoms with E-state index in [1.807, 2.05) is 0 Å². The van der Waals surface area contributed by atoms with Crippen molar-refractivity contribution in [3.05, 3.63) is 11.5 Å². The summed E-state index contributed by atoms with van der Waals surface area (Å²) in [5, 5.41) is -0.0259. The van der Waals surface area contributed by atoms with Crippen LogP contribution in [0.2, 0.25) is 5.28 Å². The van der Waals surface area contributed by atoms with Crippen LogP contribution in [0, 0.1) is 0 Å². The van der Waals surface area contributed by atoms with E-state index in [0.29, 0.717) is 24.5 Å². The second-order valence-corrected chi connectivity index (χ2v) is 5.79. The van der Waals surface area contributed by atoms with Crippen LogP contribution in [-0.4, -0.2) is 39.9 Å². The van der Waals surface area contributed by atoms with Crippen LogP contribution in [0.3, 0.4) is 0 Å². The van der Waals surface area contributed by atoms with E-state index in [1.54, 1.807) is 0 Å². The minimum absolute atomic E-state index is 0.00710. The van der Waals surface area contributed by atoms with Crippen LogP contribution >= 0.6 is 23.4 Å². The number of hydrogen-bond acceptors (Lipinski definition) is 6. The number of hydrogen-bond donors (Lipinski definition) is 0. The van der Waals surface area contributed by atoms with Gasteiger partial charge in [-0.25, -0.2) is 4.98 Å². The SMILES string of the molecule is COc1cnc(Cl)nc1N1CC(SC(C)=O)CC1=O. The smallest absolute Gasteiger partial charge is 0.229 e. The topological polar surface area (TPSA) is 72.4 Å². The number of carbonyl (C=O) groups excluding carboxylic acids is 2.